The van der Waals surface area contributed by atoms with Crippen LogP contribution >= 0.6 is 11.3 Å². The number of nitrogen functional groups attached to an aromatic ring is 1. The molecule has 0 radical (unpaired) electrons. The van der Waals surface area contributed by atoms with E-state index in [2.05, 4.69) is 4.98 Å². The molecular formula is C11H10N2O3S. The Kier molecular flexibility index (Phi) is 3.24. The predicted octanol–water partition coefficient (Wildman–Crippen LogP) is 2.14. The van der Waals surface area contributed by atoms with E-state index in [1.807, 2.05) is 0 Å². The third kappa shape index (κ3) is 3.18. The highest BCUT2D eigenvalue weighted by atomic mass is 32.1. The van der Waals surface area contributed by atoms with Gasteiger partial charge in [-0.15, -0.1) is 0 Å². The van der Waals surface area contributed by atoms with E-state index in [4.69, 9.17) is 15.6 Å². The van der Waals surface area contributed by atoms with E-state index in [0.717, 1.165) is 5.56 Å². The zero-order valence-electron chi connectivity index (χ0n) is 8.79. The molecule has 17 heavy (non-hydrogen) atoms. The molecule has 0 atom stereocenters. The van der Waals surface area contributed by atoms with Crippen molar-refractivity contribution < 1.29 is 14.6 Å². The zero-order chi connectivity index (χ0) is 12.3. The van der Waals surface area contributed by atoms with Crippen LogP contribution in [0.1, 0.15) is 5.56 Å². The summed E-state index contributed by atoms with van der Waals surface area (Å²) in [6.45, 7) is 0. The number of benzene rings is 1. The van der Waals surface area contributed by atoms with E-state index < -0.39 is 5.97 Å². The van der Waals surface area contributed by atoms with Crippen LogP contribution < -0.4 is 10.5 Å². The molecule has 0 fully saturated rings. The van der Waals surface area contributed by atoms with E-state index in [0.29, 0.717) is 15.9 Å². The molecule has 5 nitrogen and oxygen atoms in total. The Morgan fingerprint density at radius 2 is 2.12 bits per heavy atom. The van der Waals surface area contributed by atoms with E-state index in [1.165, 1.54) is 11.3 Å². The third-order valence-corrected chi connectivity index (χ3v) is 2.70. The van der Waals surface area contributed by atoms with Gasteiger partial charge in [0, 0.05) is 0 Å². The second-order valence-electron chi connectivity index (χ2n) is 3.33. The maximum absolute atomic E-state index is 10.5. The molecule has 1 aromatic heterocycles. The van der Waals surface area contributed by atoms with Gasteiger partial charge in [-0.25, -0.2) is 4.98 Å². The SMILES string of the molecule is Nc1ncc(Oc2ccc(CC(=O)O)cc2)s1. The average Bonchev–Trinajstić information content (AvgIpc) is 2.66. The number of hydrogen-bond donors (Lipinski definition) is 2. The van der Waals surface area contributed by atoms with Crippen molar-refractivity contribution in [1.29, 1.82) is 0 Å². The molecule has 3 N–H and O–H groups in total. The maximum Gasteiger partial charge on any atom is 0.307 e. The first kappa shape index (κ1) is 11.4. The van der Waals surface area contributed by atoms with Crippen LogP contribution in [0.2, 0.25) is 0 Å². The summed E-state index contributed by atoms with van der Waals surface area (Å²) < 4.78 is 5.49. The Hall–Kier alpha value is -2.08. The van der Waals surface area contributed by atoms with Crippen molar-refractivity contribution in [1.82, 2.24) is 4.98 Å². The first-order valence-electron chi connectivity index (χ1n) is 4.83. The molecule has 0 unspecified atom stereocenters. The largest absolute Gasteiger partial charge is 0.481 e. The first-order chi connectivity index (χ1) is 8.13. The molecule has 1 heterocycles. The van der Waals surface area contributed by atoms with Crippen molar-refractivity contribution >= 4 is 22.4 Å². The number of hydrogen-bond acceptors (Lipinski definition) is 5. The van der Waals surface area contributed by atoms with Crippen LogP contribution in [0.5, 0.6) is 10.8 Å². The lowest BCUT2D eigenvalue weighted by molar-refractivity contribution is -0.136. The smallest absolute Gasteiger partial charge is 0.307 e. The molecule has 0 spiro atoms. The number of carboxylic acid groups (broad SMARTS) is 1. The normalized spacial score (nSPS) is 10.1. The molecule has 0 saturated carbocycles. The standard InChI is InChI=1S/C11H10N2O3S/c12-11-13-6-10(17-11)16-8-3-1-7(2-4-8)5-9(14)15/h1-4,6H,5H2,(H2,12,13)(H,14,15). The molecule has 0 saturated heterocycles. The van der Waals surface area contributed by atoms with Gasteiger partial charge in [-0.2, -0.15) is 0 Å². The van der Waals surface area contributed by atoms with Crippen LogP contribution in [0, 0.1) is 0 Å². The molecule has 0 aliphatic rings. The minimum Gasteiger partial charge on any atom is -0.481 e. The summed E-state index contributed by atoms with van der Waals surface area (Å²) in [4.78, 5) is 14.4. The van der Waals surface area contributed by atoms with Gasteiger partial charge in [0.25, 0.3) is 0 Å². The van der Waals surface area contributed by atoms with Crippen LogP contribution in [-0.4, -0.2) is 16.1 Å². The molecule has 1 aromatic carbocycles. The van der Waals surface area contributed by atoms with Gasteiger partial charge in [-0.05, 0) is 17.7 Å². The summed E-state index contributed by atoms with van der Waals surface area (Å²) in [5, 5.41) is 9.67. The summed E-state index contributed by atoms with van der Waals surface area (Å²) in [6, 6.07) is 6.87. The van der Waals surface area contributed by atoms with Crippen LogP contribution in [0.25, 0.3) is 0 Å². The number of aromatic nitrogens is 1. The zero-order valence-corrected chi connectivity index (χ0v) is 9.61. The Balaban J connectivity index is 2.05. The summed E-state index contributed by atoms with van der Waals surface area (Å²) in [5.74, 6) is -0.225. The summed E-state index contributed by atoms with van der Waals surface area (Å²) in [6.07, 6.45) is 1.55. The highest BCUT2D eigenvalue weighted by Crippen LogP contribution is 2.28. The van der Waals surface area contributed by atoms with Gasteiger partial charge in [0.1, 0.15) is 5.75 Å². The summed E-state index contributed by atoms with van der Waals surface area (Å²) >= 11 is 1.25. The molecule has 0 aliphatic carbocycles. The second kappa shape index (κ2) is 4.84. The van der Waals surface area contributed by atoms with Crippen molar-refractivity contribution in [2.24, 2.45) is 0 Å². The van der Waals surface area contributed by atoms with E-state index in [-0.39, 0.29) is 6.42 Å². The lowest BCUT2D eigenvalue weighted by Crippen LogP contribution is -1.99. The van der Waals surface area contributed by atoms with Gasteiger partial charge >= 0.3 is 5.97 Å². The van der Waals surface area contributed by atoms with E-state index in [9.17, 15) is 4.79 Å². The van der Waals surface area contributed by atoms with Gasteiger partial charge in [0.2, 0.25) is 5.06 Å². The average molecular weight is 250 g/mol. The quantitative estimate of drug-likeness (QED) is 0.868. The fourth-order valence-electron chi connectivity index (χ4n) is 1.29. The number of rotatable bonds is 4. The number of aliphatic carboxylic acids is 1. The van der Waals surface area contributed by atoms with E-state index >= 15 is 0 Å². The monoisotopic (exact) mass is 250 g/mol. The summed E-state index contributed by atoms with van der Waals surface area (Å²) in [7, 11) is 0. The van der Waals surface area contributed by atoms with Crippen LogP contribution in [-0.2, 0) is 11.2 Å². The number of ether oxygens (including phenoxy) is 1. The van der Waals surface area contributed by atoms with Crippen molar-refractivity contribution in [3.8, 4) is 10.8 Å². The Labute approximate surface area is 101 Å². The van der Waals surface area contributed by atoms with Gasteiger partial charge in [-0.3, -0.25) is 4.79 Å². The Morgan fingerprint density at radius 3 is 2.65 bits per heavy atom. The molecule has 2 aromatic rings. The molecule has 2 rings (SSSR count). The van der Waals surface area contributed by atoms with Crippen molar-refractivity contribution in [3.05, 3.63) is 36.0 Å². The van der Waals surface area contributed by atoms with Gasteiger partial charge in [0.05, 0.1) is 12.6 Å². The number of carbonyl (C=O) groups is 1. The molecule has 0 amide bonds. The van der Waals surface area contributed by atoms with Crippen molar-refractivity contribution in [2.75, 3.05) is 5.73 Å². The fourth-order valence-corrected chi connectivity index (χ4v) is 1.84. The highest BCUT2D eigenvalue weighted by Gasteiger charge is 2.03. The van der Waals surface area contributed by atoms with E-state index in [1.54, 1.807) is 30.5 Å². The molecule has 0 aliphatic heterocycles. The molecule has 6 heteroatoms. The van der Waals surface area contributed by atoms with Crippen LogP contribution in [0.4, 0.5) is 5.13 Å². The number of carboxylic acids is 1. The predicted molar refractivity (Wildman–Crippen MR) is 64.4 cm³/mol. The Bertz CT molecular complexity index is 522. The topological polar surface area (TPSA) is 85.4 Å². The van der Waals surface area contributed by atoms with Crippen LogP contribution in [0.15, 0.2) is 30.5 Å². The van der Waals surface area contributed by atoms with Crippen LogP contribution in [0.3, 0.4) is 0 Å². The maximum atomic E-state index is 10.5. The van der Waals surface area contributed by atoms with Gasteiger partial charge < -0.3 is 15.6 Å². The van der Waals surface area contributed by atoms with Gasteiger partial charge in [0.15, 0.2) is 5.13 Å². The molecular weight excluding hydrogens is 240 g/mol. The number of thiazole rings is 1. The number of anilines is 1. The lowest BCUT2D eigenvalue weighted by Gasteiger charge is -2.02. The second-order valence-corrected chi connectivity index (χ2v) is 4.36. The third-order valence-electron chi connectivity index (χ3n) is 2.00. The molecule has 0 bridgehead atoms. The first-order valence-corrected chi connectivity index (χ1v) is 5.65. The number of nitrogens with zero attached hydrogens (tertiary/aromatic N) is 1. The van der Waals surface area contributed by atoms with Gasteiger partial charge in [-0.1, -0.05) is 23.5 Å². The Morgan fingerprint density at radius 1 is 1.41 bits per heavy atom. The highest BCUT2D eigenvalue weighted by molar-refractivity contribution is 7.17. The minimum atomic E-state index is -0.853. The lowest BCUT2D eigenvalue weighted by atomic mass is 10.1. The minimum absolute atomic E-state index is 0.00772. The van der Waals surface area contributed by atoms with Crippen molar-refractivity contribution in [3.63, 3.8) is 0 Å². The summed E-state index contributed by atoms with van der Waals surface area (Å²) in [5.41, 5.74) is 6.20. The fraction of sp³-hybridized carbons (Fsp3) is 0.0909. The number of nitrogens with two attached hydrogens (primary N) is 1. The van der Waals surface area contributed by atoms with Crippen molar-refractivity contribution in [2.45, 2.75) is 6.42 Å². The molecule has 88 valence electrons.